The van der Waals surface area contributed by atoms with Crippen molar-refractivity contribution in [3.05, 3.63) is 20.8 Å². The van der Waals surface area contributed by atoms with E-state index in [0.29, 0.717) is 9.83 Å². The molecule has 7 nitrogen and oxygen atoms in total. The summed E-state index contributed by atoms with van der Waals surface area (Å²) in [5.41, 5.74) is -0.758. The predicted octanol–water partition coefficient (Wildman–Crippen LogP) is -0.358. The summed E-state index contributed by atoms with van der Waals surface area (Å²) in [7, 11) is 1.50. The van der Waals surface area contributed by atoms with Crippen LogP contribution < -0.4 is 16.6 Å². The summed E-state index contributed by atoms with van der Waals surface area (Å²) in [5.74, 6) is -0.277. The van der Waals surface area contributed by atoms with Gasteiger partial charge in [0.1, 0.15) is 4.70 Å². The molecular weight excluding hydrogens is 232 g/mol. The number of nitrogens with one attached hydrogen (secondary N) is 2. The lowest BCUT2D eigenvalue weighted by atomic mass is 10.6. The van der Waals surface area contributed by atoms with Gasteiger partial charge in [-0.2, -0.15) is 0 Å². The van der Waals surface area contributed by atoms with E-state index < -0.39 is 11.2 Å². The average Bonchev–Trinajstić information content (AvgIpc) is 2.58. The molecule has 0 aliphatic heterocycles. The number of carbonyl (C=O) groups excluding carboxylic acids is 1. The molecule has 8 heteroatoms. The molecule has 0 aliphatic carbocycles. The van der Waals surface area contributed by atoms with Gasteiger partial charge in [0.05, 0.1) is 0 Å². The van der Waals surface area contributed by atoms with Gasteiger partial charge in [0.25, 0.3) is 5.56 Å². The van der Waals surface area contributed by atoms with Crippen LogP contribution in [0.4, 0.5) is 5.13 Å². The van der Waals surface area contributed by atoms with Crippen LogP contribution in [0.1, 0.15) is 6.92 Å². The summed E-state index contributed by atoms with van der Waals surface area (Å²) in [4.78, 5) is 39.7. The van der Waals surface area contributed by atoms with E-state index in [4.69, 9.17) is 0 Å². The van der Waals surface area contributed by atoms with E-state index in [-0.39, 0.29) is 11.6 Å². The Morgan fingerprint density at radius 3 is 2.81 bits per heavy atom. The first-order chi connectivity index (χ1) is 7.49. The van der Waals surface area contributed by atoms with Gasteiger partial charge >= 0.3 is 5.69 Å². The highest BCUT2D eigenvalue weighted by atomic mass is 32.1. The molecule has 0 saturated heterocycles. The van der Waals surface area contributed by atoms with Crippen LogP contribution in [0.15, 0.2) is 9.59 Å². The molecule has 2 aromatic heterocycles. The normalized spacial score (nSPS) is 10.6. The average molecular weight is 240 g/mol. The number of rotatable bonds is 1. The van der Waals surface area contributed by atoms with Gasteiger partial charge in [-0.1, -0.05) is 11.3 Å². The van der Waals surface area contributed by atoms with Gasteiger partial charge in [0.2, 0.25) is 5.91 Å². The van der Waals surface area contributed by atoms with E-state index in [1.54, 1.807) is 0 Å². The summed E-state index contributed by atoms with van der Waals surface area (Å²) >= 11 is 1.03. The Balaban J connectivity index is 2.75. The first-order valence-corrected chi connectivity index (χ1v) is 5.18. The third-order valence-electron chi connectivity index (χ3n) is 1.94. The second kappa shape index (κ2) is 3.56. The highest BCUT2D eigenvalue weighted by Crippen LogP contribution is 2.20. The van der Waals surface area contributed by atoms with Crippen LogP contribution in [0.5, 0.6) is 0 Å². The standard InChI is InChI=1S/C8H8N4O3S/c1-3(13)9-7-10-5-4(16-7)6(14)11-8(15)12(5)2/h1-2H3,(H,9,10,13)(H,11,14,15). The number of aromatic amines is 1. The van der Waals surface area contributed by atoms with Crippen molar-refractivity contribution >= 4 is 32.7 Å². The minimum Gasteiger partial charge on any atom is -0.302 e. The zero-order valence-electron chi connectivity index (χ0n) is 8.53. The zero-order valence-corrected chi connectivity index (χ0v) is 9.34. The van der Waals surface area contributed by atoms with E-state index >= 15 is 0 Å². The molecule has 0 bridgehead atoms. The molecule has 0 spiro atoms. The number of aryl methyl sites for hydroxylation is 1. The molecule has 16 heavy (non-hydrogen) atoms. The van der Waals surface area contributed by atoms with Crippen LogP contribution in [0.25, 0.3) is 10.3 Å². The van der Waals surface area contributed by atoms with Crippen LogP contribution in [0.2, 0.25) is 0 Å². The molecule has 2 aromatic rings. The highest BCUT2D eigenvalue weighted by molar-refractivity contribution is 7.22. The van der Waals surface area contributed by atoms with Crippen molar-refractivity contribution in [3.63, 3.8) is 0 Å². The SMILES string of the molecule is CC(=O)Nc1nc2c(s1)c(=O)[nH]c(=O)n2C. The monoisotopic (exact) mass is 240 g/mol. The maximum absolute atomic E-state index is 11.4. The number of fused-ring (bicyclic) bond motifs is 1. The summed E-state index contributed by atoms with van der Waals surface area (Å²) in [6.07, 6.45) is 0. The van der Waals surface area contributed by atoms with Crippen molar-refractivity contribution in [2.24, 2.45) is 7.05 Å². The van der Waals surface area contributed by atoms with Crippen molar-refractivity contribution in [1.82, 2.24) is 14.5 Å². The lowest BCUT2D eigenvalue weighted by molar-refractivity contribution is -0.114. The van der Waals surface area contributed by atoms with Crippen LogP contribution in [0.3, 0.4) is 0 Å². The third-order valence-corrected chi connectivity index (χ3v) is 2.90. The van der Waals surface area contributed by atoms with Crippen LogP contribution in [0, 0.1) is 0 Å². The van der Waals surface area contributed by atoms with Crippen molar-refractivity contribution in [1.29, 1.82) is 0 Å². The Hall–Kier alpha value is -1.96. The molecule has 0 atom stereocenters. The molecular formula is C8H8N4O3S. The molecule has 0 aliphatic rings. The minimum atomic E-state index is -0.530. The van der Waals surface area contributed by atoms with Gasteiger partial charge in [-0.3, -0.25) is 19.1 Å². The Labute approximate surface area is 92.8 Å². The van der Waals surface area contributed by atoms with E-state index in [0.717, 1.165) is 11.3 Å². The van der Waals surface area contributed by atoms with Crippen molar-refractivity contribution < 1.29 is 4.79 Å². The number of nitrogens with zero attached hydrogens (tertiary/aromatic N) is 2. The number of hydrogen-bond donors (Lipinski definition) is 2. The molecule has 1 amide bonds. The van der Waals surface area contributed by atoms with Gasteiger partial charge < -0.3 is 5.32 Å². The number of amides is 1. The largest absolute Gasteiger partial charge is 0.329 e. The molecule has 0 unspecified atom stereocenters. The number of aromatic nitrogens is 3. The van der Waals surface area contributed by atoms with Gasteiger partial charge in [-0.05, 0) is 0 Å². The number of thiazole rings is 1. The lowest BCUT2D eigenvalue weighted by Crippen LogP contribution is -2.27. The predicted molar refractivity (Wildman–Crippen MR) is 59.8 cm³/mol. The lowest BCUT2D eigenvalue weighted by Gasteiger charge is -1.95. The Kier molecular flexibility index (Phi) is 2.35. The third kappa shape index (κ3) is 1.63. The summed E-state index contributed by atoms with van der Waals surface area (Å²) in [5, 5.41) is 2.77. The molecule has 2 heterocycles. The van der Waals surface area contributed by atoms with Crippen molar-refractivity contribution in [2.45, 2.75) is 6.92 Å². The number of anilines is 1. The quantitative estimate of drug-likeness (QED) is 0.711. The van der Waals surface area contributed by atoms with Gasteiger partial charge in [0, 0.05) is 14.0 Å². The fourth-order valence-electron chi connectivity index (χ4n) is 1.23. The molecule has 2 rings (SSSR count). The first kappa shape index (κ1) is 10.6. The minimum absolute atomic E-state index is 0.266. The Bertz CT molecular complexity index is 681. The fraction of sp³-hybridized carbons (Fsp3) is 0.250. The number of carbonyl (C=O) groups is 1. The molecule has 0 radical (unpaired) electrons. The van der Waals surface area contributed by atoms with E-state index in [1.807, 2.05) is 0 Å². The topological polar surface area (TPSA) is 96.8 Å². The van der Waals surface area contributed by atoms with Crippen molar-refractivity contribution in [2.75, 3.05) is 5.32 Å². The van der Waals surface area contributed by atoms with E-state index in [1.165, 1.54) is 18.5 Å². The van der Waals surface area contributed by atoms with Crippen LogP contribution in [-0.2, 0) is 11.8 Å². The summed E-state index contributed by atoms with van der Waals surface area (Å²) < 4.78 is 1.53. The number of hydrogen-bond acceptors (Lipinski definition) is 5. The maximum Gasteiger partial charge on any atom is 0.329 e. The highest BCUT2D eigenvalue weighted by Gasteiger charge is 2.11. The van der Waals surface area contributed by atoms with Gasteiger partial charge in [-0.25, -0.2) is 9.78 Å². The molecule has 0 saturated carbocycles. The van der Waals surface area contributed by atoms with Gasteiger partial charge in [-0.15, -0.1) is 0 Å². The van der Waals surface area contributed by atoms with E-state index in [2.05, 4.69) is 15.3 Å². The fourth-order valence-corrected chi connectivity index (χ4v) is 2.16. The molecule has 84 valence electrons. The molecule has 0 aromatic carbocycles. The number of H-pyrrole nitrogens is 1. The summed E-state index contributed by atoms with van der Waals surface area (Å²) in [6.45, 7) is 1.34. The second-order valence-electron chi connectivity index (χ2n) is 3.17. The summed E-state index contributed by atoms with van der Waals surface area (Å²) in [6, 6.07) is 0. The Morgan fingerprint density at radius 2 is 2.19 bits per heavy atom. The van der Waals surface area contributed by atoms with Crippen molar-refractivity contribution in [3.8, 4) is 0 Å². The molecule has 0 fully saturated rings. The molecule has 2 N–H and O–H groups in total. The first-order valence-electron chi connectivity index (χ1n) is 4.36. The van der Waals surface area contributed by atoms with Gasteiger partial charge in [0.15, 0.2) is 10.8 Å². The van der Waals surface area contributed by atoms with Crippen LogP contribution >= 0.6 is 11.3 Å². The maximum atomic E-state index is 11.4. The Morgan fingerprint density at radius 1 is 1.50 bits per heavy atom. The van der Waals surface area contributed by atoms with E-state index in [9.17, 15) is 14.4 Å². The zero-order chi connectivity index (χ0) is 11.9. The smallest absolute Gasteiger partial charge is 0.302 e. The van der Waals surface area contributed by atoms with Crippen LogP contribution in [-0.4, -0.2) is 20.4 Å². The second-order valence-corrected chi connectivity index (χ2v) is 4.17.